The Kier molecular flexibility index (Phi) is 5.92. The van der Waals surface area contributed by atoms with Crippen molar-refractivity contribution >= 4 is 15.9 Å². The average molecular weight is 388 g/mol. The molecule has 1 aliphatic carbocycles. The highest BCUT2D eigenvalue weighted by Crippen LogP contribution is 2.29. The lowest BCUT2D eigenvalue weighted by Gasteiger charge is -2.22. The number of amides is 1. The van der Waals surface area contributed by atoms with Crippen LogP contribution in [0.25, 0.3) is 0 Å². The number of aromatic nitrogens is 1. The van der Waals surface area contributed by atoms with E-state index in [0.29, 0.717) is 18.5 Å². The lowest BCUT2D eigenvalue weighted by molar-refractivity contribution is 0.0727. The van der Waals surface area contributed by atoms with Gasteiger partial charge in [-0.25, -0.2) is 13.1 Å². The van der Waals surface area contributed by atoms with E-state index in [1.165, 1.54) is 12.1 Å². The molecule has 7 heteroatoms. The number of nitrogens with zero attached hydrogens (tertiary/aromatic N) is 2. The Morgan fingerprint density at radius 3 is 2.48 bits per heavy atom. The van der Waals surface area contributed by atoms with Gasteiger partial charge in [-0.1, -0.05) is 13.0 Å². The van der Waals surface area contributed by atoms with Gasteiger partial charge >= 0.3 is 0 Å². The lowest BCUT2D eigenvalue weighted by atomic mass is 10.2. The van der Waals surface area contributed by atoms with Gasteiger partial charge in [-0.3, -0.25) is 9.78 Å². The first-order valence-electron chi connectivity index (χ1n) is 9.24. The molecule has 0 spiro atoms. The fraction of sp³-hybridized carbons (Fsp3) is 0.400. The molecule has 1 heterocycles. The van der Waals surface area contributed by atoms with Gasteiger partial charge in [-0.05, 0) is 62.6 Å². The number of hydrogen-bond acceptors (Lipinski definition) is 4. The standard InChI is InChI=1S/C20H25N3O3S/c1-3-15(2)22-27(25,26)19-11-7-16(8-12-19)20(24)23(18-9-10-18)14-17-6-4-5-13-21-17/h4-8,11-13,15,18,22H,3,9-10,14H2,1-2H3. The number of carbonyl (C=O) groups excluding carboxylic acids is 1. The Bertz CT molecular complexity index is 878. The summed E-state index contributed by atoms with van der Waals surface area (Å²) >= 11 is 0. The summed E-state index contributed by atoms with van der Waals surface area (Å²) in [6.07, 6.45) is 4.40. The van der Waals surface area contributed by atoms with Crippen molar-refractivity contribution in [3.05, 3.63) is 59.9 Å². The van der Waals surface area contributed by atoms with Gasteiger partial charge in [0, 0.05) is 23.8 Å². The molecule has 2 aromatic rings. The van der Waals surface area contributed by atoms with E-state index in [1.807, 2.05) is 36.9 Å². The van der Waals surface area contributed by atoms with Crippen LogP contribution in [0.4, 0.5) is 0 Å². The topological polar surface area (TPSA) is 79.4 Å². The van der Waals surface area contributed by atoms with Gasteiger partial charge in [0.05, 0.1) is 17.1 Å². The Hall–Kier alpha value is -2.25. The third-order valence-electron chi connectivity index (χ3n) is 4.69. The SMILES string of the molecule is CCC(C)NS(=O)(=O)c1ccc(C(=O)N(Cc2ccccn2)C2CC2)cc1. The van der Waals surface area contributed by atoms with Crippen molar-refractivity contribution in [3.8, 4) is 0 Å². The van der Waals surface area contributed by atoms with Crippen LogP contribution in [0.2, 0.25) is 0 Å². The fourth-order valence-corrected chi connectivity index (χ4v) is 4.10. The highest BCUT2D eigenvalue weighted by atomic mass is 32.2. The quantitative estimate of drug-likeness (QED) is 0.755. The summed E-state index contributed by atoms with van der Waals surface area (Å²) in [4.78, 5) is 19.2. The maximum absolute atomic E-state index is 12.9. The minimum absolute atomic E-state index is 0.0954. The van der Waals surface area contributed by atoms with Crippen molar-refractivity contribution < 1.29 is 13.2 Å². The lowest BCUT2D eigenvalue weighted by Crippen LogP contribution is -2.33. The number of benzene rings is 1. The number of hydrogen-bond donors (Lipinski definition) is 1. The predicted molar refractivity (Wildman–Crippen MR) is 104 cm³/mol. The maximum atomic E-state index is 12.9. The zero-order valence-electron chi connectivity index (χ0n) is 15.6. The summed E-state index contributed by atoms with van der Waals surface area (Å²) in [7, 11) is -3.57. The van der Waals surface area contributed by atoms with Crippen molar-refractivity contribution in [1.29, 1.82) is 0 Å². The van der Waals surface area contributed by atoms with E-state index >= 15 is 0 Å². The zero-order chi connectivity index (χ0) is 19.4. The third-order valence-corrected chi connectivity index (χ3v) is 6.29. The maximum Gasteiger partial charge on any atom is 0.254 e. The van der Waals surface area contributed by atoms with Crippen LogP contribution in [0, 0.1) is 0 Å². The second kappa shape index (κ2) is 8.19. The van der Waals surface area contributed by atoms with Crippen LogP contribution in [0.15, 0.2) is 53.6 Å². The normalized spacial score (nSPS) is 15.3. The molecule has 1 aliphatic rings. The molecule has 3 rings (SSSR count). The number of rotatable bonds is 8. The van der Waals surface area contributed by atoms with Gasteiger partial charge in [0.2, 0.25) is 10.0 Å². The van der Waals surface area contributed by atoms with E-state index < -0.39 is 10.0 Å². The second-order valence-electron chi connectivity index (χ2n) is 6.94. The molecule has 0 radical (unpaired) electrons. The fourth-order valence-electron chi connectivity index (χ4n) is 2.78. The van der Waals surface area contributed by atoms with E-state index in [0.717, 1.165) is 18.5 Å². The van der Waals surface area contributed by atoms with Crippen molar-refractivity contribution in [2.45, 2.75) is 56.6 Å². The molecule has 27 heavy (non-hydrogen) atoms. The van der Waals surface area contributed by atoms with Crippen molar-refractivity contribution in [3.63, 3.8) is 0 Å². The zero-order valence-corrected chi connectivity index (χ0v) is 16.4. The molecule has 144 valence electrons. The van der Waals surface area contributed by atoms with E-state index in [4.69, 9.17) is 0 Å². The molecule has 0 saturated heterocycles. The molecule has 6 nitrogen and oxygen atoms in total. The summed E-state index contributed by atoms with van der Waals surface area (Å²) < 4.78 is 27.3. The van der Waals surface area contributed by atoms with Crippen LogP contribution < -0.4 is 4.72 Å². The van der Waals surface area contributed by atoms with Crippen LogP contribution in [0.3, 0.4) is 0 Å². The predicted octanol–water partition coefficient (Wildman–Crippen LogP) is 2.96. The Balaban J connectivity index is 1.76. The van der Waals surface area contributed by atoms with Gasteiger partial charge in [0.1, 0.15) is 0 Å². The van der Waals surface area contributed by atoms with E-state index in [1.54, 1.807) is 18.3 Å². The smallest absolute Gasteiger partial charge is 0.254 e. The second-order valence-corrected chi connectivity index (χ2v) is 8.65. The number of sulfonamides is 1. The molecule has 1 unspecified atom stereocenters. The van der Waals surface area contributed by atoms with E-state index in [9.17, 15) is 13.2 Å². The molecule has 1 aromatic heterocycles. The molecular weight excluding hydrogens is 362 g/mol. The average Bonchev–Trinajstić information content (AvgIpc) is 3.51. The molecule has 1 atom stereocenters. The highest BCUT2D eigenvalue weighted by molar-refractivity contribution is 7.89. The van der Waals surface area contributed by atoms with Crippen molar-refractivity contribution in [1.82, 2.24) is 14.6 Å². The van der Waals surface area contributed by atoms with Crippen LogP contribution in [-0.2, 0) is 16.6 Å². The Morgan fingerprint density at radius 1 is 1.22 bits per heavy atom. The monoisotopic (exact) mass is 387 g/mol. The van der Waals surface area contributed by atoms with E-state index in [2.05, 4.69) is 9.71 Å². The van der Waals surface area contributed by atoms with E-state index in [-0.39, 0.29) is 22.9 Å². The van der Waals surface area contributed by atoms with Gasteiger partial charge in [0.15, 0.2) is 0 Å². The first-order chi connectivity index (χ1) is 12.9. The summed E-state index contributed by atoms with van der Waals surface area (Å²) in [5.41, 5.74) is 1.33. The van der Waals surface area contributed by atoms with Crippen LogP contribution in [-0.4, -0.2) is 36.3 Å². The Morgan fingerprint density at radius 2 is 1.93 bits per heavy atom. The van der Waals surface area contributed by atoms with Crippen molar-refractivity contribution in [2.24, 2.45) is 0 Å². The van der Waals surface area contributed by atoms with Crippen molar-refractivity contribution in [2.75, 3.05) is 0 Å². The van der Waals surface area contributed by atoms with Gasteiger partial charge in [0.25, 0.3) is 5.91 Å². The van der Waals surface area contributed by atoms with Gasteiger partial charge < -0.3 is 4.90 Å². The summed E-state index contributed by atoms with van der Waals surface area (Å²) in [5, 5.41) is 0. The van der Waals surface area contributed by atoms with Crippen LogP contribution in [0.1, 0.15) is 49.2 Å². The largest absolute Gasteiger partial charge is 0.330 e. The minimum Gasteiger partial charge on any atom is -0.330 e. The summed E-state index contributed by atoms with van der Waals surface area (Å²) in [6.45, 7) is 4.20. The van der Waals surface area contributed by atoms with Gasteiger partial charge in [-0.15, -0.1) is 0 Å². The molecule has 1 fully saturated rings. The summed E-state index contributed by atoms with van der Waals surface area (Å²) in [6, 6.07) is 11.9. The summed E-state index contributed by atoms with van der Waals surface area (Å²) in [5.74, 6) is -0.0954. The molecule has 1 N–H and O–H groups in total. The number of nitrogens with one attached hydrogen (secondary N) is 1. The highest BCUT2D eigenvalue weighted by Gasteiger charge is 2.33. The molecule has 0 bridgehead atoms. The number of pyridine rings is 1. The van der Waals surface area contributed by atoms with Crippen LogP contribution in [0.5, 0.6) is 0 Å². The van der Waals surface area contributed by atoms with Gasteiger partial charge in [-0.2, -0.15) is 0 Å². The molecule has 0 aliphatic heterocycles. The third kappa shape index (κ3) is 4.93. The Labute approximate surface area is 160 Å². The molecule has 1 amide bonds. The molecular formula is C20H25N3O3S. The van der Waals surface area contributed by atoms with Crippen LogP contribution >= 0.6 is 0 Å². The first kappa shape index (κ1) is 19.5. The molecule has 1 aromatic carbocycles. The molecule has 1 saturated carbocycles. The number of carbonyl (C=O) groups is 1. The minimum atomic E-state index is -3.57. The first-order valence-corrected chi connectivity index (χ1v) is 10.7.